The molecule has 116 valence electrons. The van der Waals surface area contributed by atoms with Crippen molar-refractivity contribution in [1.29, 1.82) is 5.26 Å². The molecule has 6 nitrogen and oxygen atoms in total. The van der Waals surface area contributed by atoms with Crippen LogP contribution in [0.4, 0.5) is 0 Å². The minimum Gasteiger partial charge on any atom is -0.359 e. The molecule has 4 rings (SSSR count). The molecule has 0 amide bonds. The highest BCUT2D eigenvalue weighted by Gasteiger charge is 2.33. The quantitative estimate of drug-likeness (QED) is 0.759. The van der Waals surface area contributed by atoms with Crippen molar-refractivity contribution < 1.29 is 4.52 Å². The number of aromatic amines is 1. The largest absolute Gasteiger partial charge is 0.359 e. The Morgan fingerprint density at radius 1 is 1.30 bits per heavy atom. The van der Waals surface area contributed by atoms with Gasteiger partial charge in [0.25, 0.3) is 5.89 Å². The van der Waals surface area contributed by atoms with Gasteiger partial charge in [-0.1, -0.05) is 24.2 Å². The number of aromatic nitrogens is 3. The third-order valence-corrected chi connectivity index (χ3v) is 4.74. The van der Waals surface area contributed by atoms with Gasteiger partial charge in [-0.25, -0.2) is 0 Å². The Hall–Kier alpha value is -2.65. The summed E-state index contributed by atoms with van der Waals surface area (Å²) < 4.78 is 5.54. The number of nitrogens with zero attached hydrogens (tertiary/aromatic N) is 3. The number of fused-ring (bicyclic) bond motifs is 1. The Labute approximate surface area is 133 Å². The highest BCUT2D eigenvalue weighted by molar-refractivity contribution is 5.95. The molecule has 6 heteroatoms. The zero-order chi connectivity index (χ0) is 15.9. The highest BCUT2D eigenvalue weighted by Crippen LogP contribution is 2.34. The standard InChI is InChI=1S/C17H17N5O/c1-17(5-7-19-8-6-17)16-21-15(23-22-16)13-4-2-3-12-11(9-18)10-20-14(12)13/h2-4,10,19-20H,5-8H2,1H3. The molecule has 1 fully saturated rings. The summed E-state index contributed by atoms with van der Waals surface area (Å²) in [4.78, 5) is 7.80. The van der Waals surface area contributed by atoms with Crippen LogP contribution in [0.25, 0.3) is 22.4 Å². The maximum Gasteiger partial charge on any atom is 0.260 e. The predicted molar refractivity (Wildman–Crippen MR) is 85.8 cm³/mol. The molecule has 1 aromatic carbocycles. The van der Waals surface area contributed by atoms with Gasteiger partial charge in [0.05, 0.1) is 16.6 Å². The lowest BCUT2D eigenvalue weighted by Gasteiger charge is -2.30. The lowest BCUT2D eigenvalue weighted by atomic mass is 9.80. The summed E-state index contributed by atoms with van der Waals surface area (Å²) in [6.07, 6.45) is 3.70. The number of piperidine rings is 1. The zero-order valence-electron chi connectivity index (χ0n) is 12.9. The normalized spacial score (nSPS) is 17.2. The van der Waals surface area contributed by atoms with E-state index < -0.39 is 0 Å². The number of para-hydroxylation sites is 1. The van der Waals surface area contributed by atoms with E-state index in [9.17, 15) is 0 Å². The molecule has 0 unspecified atom stereocenters. The monoisotopic (exact) mass is 307 g/mol. The molecule has 2 aromatic heterocycles. The van der Waals surface area contributed by atoms with E-state index >= 15 is 0 Å². The number of H-pyrrole nitrogens is 1. The molecule has 2 N–H and O–H groups in total. The van der Waals surface area contributed by atoms with Crippen molar-refractivity contribution in [2.45, 2.75) is 25.2 Å². The fourth-order valence-corrected chi connectivity index (χ4v) is 3.21. The highest BCUT2D eigenvalue weighted by atomic mass is 16.5. The van der Waals surface area contributed by atoms with Gasteiger partial charge in [0.2, 0.25) is 0 Å². The van der Waals surface area contributed by atoms with Gasteiger partial charge in [0, 0.05) is 17.0 Å². The topological polar surface area (TPSA) is 90.5 Å². The van der Waals surface area contributed by atoms with Crippen LogP contribution in [0.1, 0.15) is 31.2 Å². The van der Waals surface area contributed by atoms with Gasteiger partial charge in [-0.3, -0.25) is 0 Å². The van der Waals surface area contributed by atoms with Crippen molar-refractivity contribution in [3.8, 4) is 17.5 Å². The predicted octanol–water partition coefficient (Wildman–Crippen LogP) is 2.73. The second-order valence-electron chi connectivity index (χ2n) is 6.28. The van der Waals surface area contributed by atoms with Crippen LogP contribution in [0.5, 0.6) is 0 Å². The van der Waals surface area contributed by atoms with E-state index in [1.807, 2.05) is 18.2 Å². The first-order valence-electron chi connectivity index (χ1n) is 7.77. The maximum atomic E-state index is 9.17. The third kappa shape index (κ3) is 2.21. The zero-order valence-corrected chi connectivity index (χ0v) is 12.9. The molecule has 0 radical (unpaired) electrons. The van der Waals surface area contributed by atoms with E-state index in [4.69, 9.17) is 9.78 Å². The Bertz CT molecular complexity index is 895. The minimum absolute atomic E-state index is 0.0472. The Kier molecular flexibility index (Phi) is 3.17. The lowest BCUT2D eigenvalue weighted by Crippen LogP contribution is -2.38. The molecule has 1 saturated heterocycles. The Morgan fingerprint density at radius 2 is 2.13 bits per heavy atom. The maximum absolute atomic E-state index is 9.17. The van der Waals surface area contributed by atoms with Gasteiger partial charge in [-0.2, -0.15) is 10.2 Å². The van der Waals surface area contributed by atoms with Crippen molar-refractivity contribution in [1.82, 2.24) is 20.4 Å². The SMILES string of the molecule is CC1(c2noc(-c3cccc4c(C#N)c[nH]c34)n2)CCNCC1. The first-order chi connectivity index (χ1) is 11.2. The van der Waals surface area contributed by atoms with Gasteiger partial charge >= 0.3 is 0 Å². The minimum atomic E-state index is -0.0472. The summed E-state index contributed by atoms with van der Waals surface area (Å²) in [5.74, 6) is 1.26. The first-order valence-corrected chi connectivity index (χ1v) is 7.77. The van der Waals surface area contributed by atoms with E-state index in [2.05, 4.69) is 33.4 Å². The number of nitrogens with one attached hydrogen (secondary N) is 2. The van der Waals surface area contributed by atoms with Crippen LogP contribution in [-0.2, 0) is 5.41 Å². The average molecular weight is 307 g/mol. The molecule has 0 bridgehead atoms. The Morgan fingerprint density at radius 3 is 2.91 bits per heavy atom. The summed E-state index contributed by atoms with van der Waals surface area (Å²) in [6.45, 7) is 4.13. The van der Waals surface area contributed by atoms with E-state index in [0.717, 1.165) is 48.2 Å². The van der Waals surface area contributed by atoms with Crippen LogP contribution in [0, 0.1) is 11.3 Å². The number of hydrogen-bond acceptors (Lipinski definition) is 5. The fraction of sp³-hybridized carbons (Fsp3) is 0.353. The smallest absolute Gasteiger partial charge is 0.260 e. The molecule has 0 aliphatic carbocycles. The van der Waals surface area contributed by atoms with Crippen molar-refractivity contribution in [3.05, 3.63) is 35.8 Å². The van der Waals surface area contributed by atoms with Crippen molar-refractivity contribution >= 4 is 10.9 Å². The molecule has 0 saturated carbocycles. The molecule has 3 aromatic rings. The van der Waals surface area contributed by atoms with Crippen LogP contribution in [0.3, 0.4) is 0 Å². The van der Waals surface area contributed by atoms with Crippen LogP contribution in [0.15, 0.2) is 28.9 Å². The van der Waals surface area contributed by atoms with Crippen LogP contribution >= 0.6 is 0 Å². The van der Waals surface area contributed by atoms with Crippen LogP contribution < -0.4 is 5.32 Å². The summed E-state index contributed by atoms with van der Waals surface area (Å²) in [7, 11) is 0. The van der Waals surface area contributed by atoms with Gasteiger partial charge < -0.3 is 14.8 Å². The molecular weight excluding hydrogens is 290 g/mol. The molecule has 3 heterocycles. The summed E-state index contributed by atoms with van der Waals surface area (Å²) in [6, 6.07) is 7.94. The van der Waals surface area contributed by atoms with Gasteiger partial charge in [0.15, 0.2) is 5.82 Å². The number of nitriles is 1. The molecule has 23 heavy (non-hydrogen) atoms. The number of hydrogen-bond donors (Lipinski definition) is 2. The van der Waals surface area contributed by atoms with E-state index in [0.29, 0.717) is 11.5 Å². The second kappa shape index (κ2) is 5.21. The lowest BCUT2D eigenvalue weighted by molar-refractivity contribution is 0.303. The average Bonchev–Trinajstić information content (AvgIpc) is 3.22. The molecule has 1 aliphatic heterocycles. The molecule has 0 spiro atoms. The van der Waals surface area contributed by atoms with Crippen molar-refractivity contribution in [3.63, 3.8) is 0 Å². The summed E-state index contributed by atoms with van der Waals surface area (Å²) in [5.41, 5.74) is 2.26. The van der Waals surface area contributed by atoms with Gasteiger partial charge in [-0.05, 0) is 32.0 Å². The van der Waals surface area contributed by atoms with Crippen molar-refractivity contribution in [2.75, 3.05) is 13.1 Å². The van der Waals surface area contributed by atoms with E-state index in [1.165, 1.54) is 0 Å². The summed E-state index contributed by atoms with van der Waals surface area (Å²) >= 11 is 0. The molecular formula is C17H17N5O. The third-order valence-electron chi connectivity index (χ3n) is 4.74. The van der Waals surface area contributed by atoms with Gasteiger partial charge in [0.1, 0.15) is 6.07 Å². The van der Waals surface area contributed by atoms with E-state index in [1.54, 1.807) is 6.20 Å². The summed E-state index contributed by atoms with van der Waals surface area (Å²) in [5, 5.41) is 17.6. The number of rotatable bonds is 2. The number of benzene rings is 1. The fourth-order valence-electron chi connectivity index (χ4n) is 3.21. The molecule has 1 aliphatic rings. The second-order valence-corrected chi connectivity index (χ2v) is 6.28. The van der Waals surface area contributed by atoms with Gasteiger partial charge in [-0.15, -0.1) is 0 Å². The Balaban J connectivity index is 1.78. The molecule has 0 atom stereocenters. The van der Waals surface area contributed by atoms with Crippen LogP contribution in [0.2, 0.25) is 0 Å². The first kappa shape index (κ1) is 14.0. The van der Waals surface area contributed by atoms with Crippen LogP contribution in [-0.4, -0.2) is 28.2 Å². The van der Waals surface area contributed by atoms with Crippen molar-refractivity contribution in [2.24, 2.45) is 0 Å². The van der Waals surface area contributed by atoms with E-state index in [-0.39, 0.29) is 5.41 Å².